The van der Waals surface area contributed by atoms with Gasteiger partial charge in [0, 0.05) is 4.47 Å². The number of rotatable bonds is 3. The molecule has 0 heterocycles. The van der Waals surface area contributed by atoms with Crippen molar-refractivity contribution in [1.29, 1.82) is 0 Å². The Bertz CT molecular complexity index is 600. The number of carboxylic acids is 1. The van der Waals surface area contributed by atoms with E-state index in [0.29, 0.717) is 0 Å². The summed E-state index contributed by atoms with van der Waals surface area (Å²) in [5.74, 6) is -1.15. The number of carboxylic acid groups (broad SMARTS) is 1. The Labute approximate surface area is 125 Å². The number of hydrogen-bond donors (Lipinski definition) is 3. The average molecular weight is 367 g/mol. The van der Waals surface area contributed by atoms with Gasteiger partial charge in [-0.2, -0.15) is 13.2 Å². The number of carbonyl (C=O) groups excluding carboxylic acids is 1. The van der Waals surface area contributed by atoms with E-state index in [1.165, 1.54) is 18.2 Å². The standard InChI is InChI=1S/C12H10BrF3N2O3/c13-7-5-6(9(19)20)1-2-8(7)17-10(21)18-11(3-4-11)12(14,15)16/h1-2,5H,3-4H2,(H,19,20)(H2,17,18,21). The van der Waals surface area contributed by atoms with Crippen LogP contribution in [0.4, 0.5) is 23.7 Å². The maximum Gasteiger partial charge on any atom is 0.411 e. The van der Waals surface area contributed by atoms with Gasteiger partial charge in [0.15, 0.2) is 0 Å². The third-order valence-corrected chi connectivity index (χ3v) is 3.77. The van der Waals surface area contributed by atoms with Crippen molar-refractivity contribution in [2.75, 3.05) is 5.32 Å². The monoisotopic (exact) mass is 366 g/mol. The fourth-order valence-corrected chi connectivity index (χ4v) is 2.20. The second kappa shape index (κ2) is 5.21. The summed E-state index contributed by atoms with van der Waals surface area (Å²) in [7, 11) is 0. The Hall–Kier alpha value is -1.77. The van der Waals surface area contributed by atoms with Crippen molar-refractivity contribution in [2.24, 2.45) is 0 Å². The highest BCUT2D eigenvalue weighted by molar-refractivity contribution is 9.10. The van der Waals surface area contributed by atoms with Gasteiger partial charge in [0.1, 0.15) is 5.54 Å². The van der Waals surface area contributed by atoms with Crippen molar-refractivity contribution >= 4 is 33.6 Å². The van der Waals surface area contributed by atoms with Crippen LogP contribution in [0.1, 0.15) is 23.2 Å². The van der Waals surface area contributed by atoms with Gasteiger partial charge < -0.3 is 15.7 Å². The Balaban J connectivity index is 2.06. The van der Waals surface area contributed by atoms with Crippen LogP contribution in [0.25, 0.3) is 0 Å². The molecule has 9 heteroatoms. The van der Waals surface area contributed by atoms with Crippen molar-refractivity contribution in [3.63, 3.8) is 0 Å². The van der Waals surface area contributed by atoms with Crippen molar-refractivity contribution in [3.05, 3.63) is 28.2 Å². The summed E-state index contributed by atoms with van der Waals surface area (Å²) in [5, 5.41) is 13.0. The molecule has 1 aliphatic rings. The van der Waals surface area contributed by atoms with Crippen molar-refractivity contribution in [1.82, 2.24) is 5.32 Å². The smallest absolute Gasteiger partial charge is 0.411 e. The zero-order chi connectivity index (χ0) is 15.8. The van der Waals surface area contributed by atoms with E-state index in [9.17, 15) is 22.8 Å². The molecule has 0 spiro atoms. The minimum atomic E-state index is -4.49. The molecular formula is C12H10BrF3N2O3. The summed E-state index contributed by atoms with van der Waals surface area (Å²) < 4.78 is 38.4. The number of nitrogens with one attached hydrogen (secondary N) is 2. The van der Waals surface area contributed by atoms with Gasteiger partial charge in [-0.1, -0.05) is 0 Å². The first-order valence-electron chi connectivity index (χ1n) is 5.83. The number of carbonyl (C=O) groups is 2. The predicted molar refractivity (Wildman–Crippen MR) is 71.3 cm³/mol. The van der Waals surface area contributed by atoms with Crippen LogP contribution in [0.15, 0.2) is 22.7 Å². The molecule has 0 atom stereocenters. The van der Waals surface area contributed by atoms with Gasteiger partial charge >= 0.3 is 18.2 Å². The van der Waals surface area contributed by atoms with Gasteiger partial charge in [-0.05, 0) is 47.0 Å². The summed E-state index contributed by atoms with van der Waals surface area (Å²) in [5.41, 5.74) is -1.98. The minimum absolute atomic E-state index is 0.0122. The SMILES string of the molecule is O=C(Nc1ccc(C(=O)O)cc1Br)NC1(C(F)(F)F)CC1. The van der Waals surface area contributed by atoms with Gasteiger partial charge in [-0.15, -0.1) is 0 Å². The summed E-state index contributed by atoms with van der Waals surface area (Å²) in [6.45, 7) is 0. The topological polar surface area (TPSA) is 78.4 Å². The molecule has 21 heavy (non-hydrogen) atoms. The van der Waals surface area contributed by atoms with Gasteiger partial charge in [-0.3, -0.25) is 0 Å². The van der Waals surface area contributed by atoms with Crippen molar-refractivity contribution in [2.45, 2.75) is 24.6 Å². The molecule has 1 fully saturated rings. The van der Waals surface area contributed by atoms with Crippen LogP contribution in [-0.4, -0.2) is 28.8 Å². The first kappa shape index (κ1) is 15.6. The molecule has 1 aliphatic carbocycles. The van der Waals surface area contributed by atoms with Crippen molar-refractivity contribution in [3.8, 4) is 0 Å². The highest BCUT2D eigenvalue weighted by Crippen LogP contribution is 2.48. The van der Waals surface area contributed by atoms with Crippen LogP contribution in [0, 0.1) is 0 Å². The second-order valence-electron chi connectivity index (χ2n) is 4.66. The number of anilines is 1. The van der Waals surface area contributed by atoms with Crippen LogP contribution in [0.2, 0.25) is 0 Å². The Morgan fingerprint density at radius 3 is 2.33 bits per heavy atom. The van der Waals surface area contributed by atoms with Gasteiger partial charge in [0.2, 0.25) is 0 Å². The zero-order valence-electron chi connectivity index (χ0n) is 10.4. The third kappa shape index (κ3) is 3.29. The summed E-state index contributed by atoms with van der Waals surface area (Å²) in [4.78, 5) is 22.4. The quantitative estimate of drug-likeness (QED) is 0.767. The maximum absolute atomic E-state index is 12.7. The fourth-order valence-electron chi connectivity index (χ4n) is 1.72. The van der Waals surface area contributed by atoms with E-state index in [1.807, 2.05) is 5.32 Å². The highest BCUT2D eigenvalue weighted by Gasteiger charge is 2.64. The fraction of sp³-hybridized carbons (Fsp3) is 0.333. The molecule has 2 rings (SSSR count). The lowest BCUT2D eigenvalue weighted by molar-refractivity contribution is -0.162. The molecule has 5 nitrogen and oxygen atoms in total. The average Bonchev–Trinajstić information content (AvgIpc) is 3.11. The molecular weight excluding hydrogens is 357 g/mol. The molecule has 0 radical (unpaired) electrons. The summed E-state index contributed by atoms with van der Waals surface area (Å²) >= 11 is 3.05. The zero-order valence-corrected chi connectivity index (χ0v) is 12.0. The van der Waals surface area contributed by atoms with Crippen LogP contribution >= 0.6 is 15.9 Å². The molecule has 3 N–H and O–H groups in total. The molecule has 1 aromatic carbocycles. The van der Waals surface area contributed by atoms with Crippen LogP contribution in [0.3, 0.4) is 0 Å². The molecule has 1 saturated carbocycles. The van der Waals surface area contributed by atoms with E-state index in [2.05, 4.69) is 21.2 Å². The highest BCUT2D eigenvalue weighted by atomic mass is 79.9. The molecule has 2 amide bonds. The van der Waals surface area contributed by atoms with E-state index in [-0.39, 0.29) is 28.6 Å². The first-order chi connectivity index (χ1) is 9.64. The Kier molecular flexibility index (Phi) is 3.87. The molecule has 0 saturated heterocycles. The number of benzene rings is 1. The van der Waals surface area contributed by atoms with Crippen LogP contribution in [-0.2, 0) is 0 Å². The number of hydrogen-bond acceptors (Lipinski definition) is 2. The predicted octanol–water partition coefficient (Wildman–Crippen LogP) is 3.36. The lowest BCUT2D eigenvalue weighted by Gasteiger charge is -2.21. The molecule has 0 aromatic heterocycles. The molecule has 114 valence electrons. The largest absolute Gasteiger partial charge is 0.478 e. The van der Waals surface area contributed by atoms with Crippen molar-refractivity contribution < 1.29 is 27.9 Å². The van der Waals surface area contributed by atoms with E-state index in [0.717, 1.165) is 0 Å². The molecule has 0 unspecified atom stereocenters. The number of amides is 2. The number of urea groups is 1. The van der Waals surface area contributed by atoms with E-state index in [4.69, 9.17) is 5.11 Å². The lowest BCUT2D eigenvalue weighted by atomic mass is 10.2. The van der Waals surface area contributed by atoms with E-state index in [1.54, 1.807) is 0 Å². The Morgan fingerprint density at radius 2 is 1.90 bits per heavy atom. The third-order valence-electron chi connectivity index (χ3n) is 3.11. The minimum Gasteiger partial charge on any atom is -0.478 e. The summed E-state index contributed by atoms with van der Waals surface area (Å²) in [6, 6.07) is 2.78. The van der Waals surface area contributed by atoms with E-state index < -0.39 is 23.7 Å². The van der Waals surface area contributed by atoms with Gasteiger partial charge in [0.05, 0.1) is 11.3 Å². The lowest BCUT2D eigenvalue weighted by Crippen LogP contribution is -2.49. The first-order valence-corrected chi connectivity index (χ1v) is 6.63. The molecule has 0 aliphatic heterocycles. The number of aromatic carboxylic acids is 1. The summed E-state index contributed by atoms with van der Waals surface area (Å²) in [6.07, 6.45) is -4.79. The van der Waals surface area contributed by atoms with Gasteiger partial charge in [0.25, 0.3) is 0 Å². The normalized spacial score (nSPS) is 16.2. The maximum atomic E-state index is 12.7. The number of halogens is 4. The molecule has 0 bridgehead atoms. The van der Waals surface area contributed by atoms with Crippen LogP contribution in [0.5, 0.6) is 0 Å². The molecule has 1 aromatic rings. The number of alkyl halides is 3. The van der Waals surface area contributed by atoms with Gasteiger partial charge in [-0.25, -0.2) is 9.59 Å². The second-order valence-corrected chi connectivity index (χ2v) is 5.51. The van der Waals surface area contributed by atoms with E-state index >= 15 is 0 Å². The Morgan fingerprint density at radius 1 is 1.29 bits per heavy atom. The van der Waals surface area contributed by atoms with Crippen LogP contribution < -0.4 is 10.6 Å².